The molecule has 0 aromatic rings. The summed E-state index contributed by atoms with van der Waals surface area (Å²) in [7, 11) is 0. The Labute approximate surface area is 83.0 Å². The Hall–Kier alpha value is 0.0734. The minimum absolute atomic E-state index is 0. The van der Waals surface area contributed by atoms with Crippen molar-refractivity contribution in [2.45, 2.75) is 13.0 Å². The Morgan fingerprint density at radius 3 is 2.36 bits per heavy atom. The molecule has 60 valence electrons. The monoisotopic (exact) mass is 227 g/mol. The van der Waals surface area contributed by atoms with Crippen LogP contribution in [0.3, 0.4) is 0 Å². The van der Waals surface area contributed by atoms with Crippen molar-refractivity contribution in [2.75, 3.05) is 5.75 Å². The van der Waals surface area contributed by atoms with E-state index in [0.717, 1.165) is 6.92 Å². The molecule has 0 aliphatic rings. The molecule has 0 aromatic carbocycles. The first kappa shape index (κ1) is 13.6. The first-order chi connectivity index (χ1) is 4.57. The Bertz CT molecular complexity index is 153. The normalized spacial score (nSPS) is 11.2. The van der Waals surface area contributed by atoms with Gasteiger partial charge < -0.3 is 10.5 Å². The Morgan fingerprint density at radius 2 is 2.09 bits per heavy atom. The maximum absolute atomic E-state index is 10.6. The van der Waals surface area contributed by atoms with Crippen molar-refractivity contribution in [1.82, 2.24) is 0 Å². The van der Waals surface area contributed by atoms with Crippen LogP contribution in [0.5, 0.6) is 0 Å². The van der Waals surface area contributed by atoms with Crippen molar-refractivity contribution in [2.24, 2.45) is 5.73 Å². The number of rotatable bonds is 2. The number of esters is 2. The van der Waals surface area contributed by atoms with Gasteiger partial charge in [-0.1, -0.05) is 0 Å². The molecular formula is C5H9NO3SZn. The molecule has 11 heavy (non-hydrogen) atoms. The van der Waals surface area contributed by atoms with E-state index < -0.39 is 18.0 Å². The SMILES string of the molecule is CC(=O)OC(=O)[C@@H](N)CS.[Zn]. The van der Waals surface area contributed by atoms with E-state index in [-0.39, 0.29) is 25.2 Å². The molecular weight excluding hydrogens is 220 g/mol. The third kappa shape index (κ3) is 6.47. The number of carbonyl (C=O) groups is 2. The summed E-state index contributed by atoms with van der Waals surface area (Å²) in [6.07, 6.45) is 0. The van der Waals surface area contributed by atoms with Crippen LogP contribution >= 0.6 is 12.6 Å². The second-order valence-electron chi connectivity index (χ2n) is 1.70. The van der Waals surface area contributed by atoms with Crippen LogP contribution in [-0.4, -0.2) is 23.7 Å². The van der Waals surface area contributed by atoms with Gasteiger partial charge in [-0.3, -0.25) is 4.79 Å². The van der Waals surface area contributed by atoms with E-state index in [2.05, 4.69) is 17.4 Å². The second kappa shape index (κ2) is 6.76. The maximum Gasteiger partial charge on any atom is 0.331 e. The van der Waals surface area contributed by atoms with Gasteiger partial charge in [0.05, 0.1) is 0 Å². The van der Waals surface area contributed by atoms with Gasteiger partial charge in [-0.05, 0) is 0 Å². The van der Waals surface area contributed by atoms with Crippen LogP contribution in [0.1, 0.15) is 6.92 Å². The summed E-state index contributed by atoms with van der Waals surface area (Å²) in [5.41, 5.74) is 5.16. The summed E-state index contributed by atoms with van der Waals surface area (Å²) in [5, 5.41) is 0. The molecule has 0 fully saturated rings. The molecule has 0 aliphatic carbocycles. The number of ether oxygens (including phenoxy) is 1. The van der Waals surface area contributed by atoms with Crippen LogP contribution < -0.4 is 5.73 Å². The van der Waals surface area contributed by atoms with Crippen LogP contribution in [-0.2, 0) is 33.8 Å². The molecule has 0 aliphatic heterocycles. The Kier molecular flexibility index (Phi) is 8.39. The predicted molar refractivity (Wildman–Crippen MR) is 38.6 cm³/mol. The largest absolute Gasteiger partial charge is 0.392 e. The summed E-state index contributed by atoms with van der Waals surface area (Å²) in [5.74, 6) is -1.21. The second-order valence-corrected chi connectivity index (χ2v) is 2.07. The summed E-state index contributed by atoms with van der Waals surface area (Å²) < 4.78 is 4.15. The molecule has 0 rings (SSSR count). The zero-order valence-corrected chi connectivity index (χ0v) is 10.1. The van der Waals surface area contributed by atoms with E-state index in [1.165, 1.54) is 0 Å². The minimum Gasteiger partial charge on any atom is -0.392 e. The van der Waals surface area contributed by atoms with Crippen molar-refractivity contribution in [3.63, 3.8) is 0 Å². The first-order valence-electron chi connectivity index (χ1n) is 2.66. The van der Waals surface area contributed by atoms with Gasteiger partial charge in [0, 0.05) is 32.2 Å². The molecule has 0 amide bonds. The average Bonchev–Trinajstić information content (AvgIpc) is 1.85. The van der Waals surface area contributed by atoms with Crippen molar-refractivity contribution in [3.05, 3.63) is 0 Å². The van der Waals surface area contributed by atoms with Gasteiger partial charge in [0.1, 0.15) is 6.04 Å². The third-order valence-corrected chi connectivity index (χ3v) is 1.14. The van der Waals surface area contributed by atoms with Crippen LogP contribution in [0.4, 0.5) is 0 Å². The zero-order chi connectivity index (χ0) is 8.15. The molecule has 6 heteroatoms. The number of thiol groups is 1. The first-order valence-corrected chi connectivity index (χ1v) is 3.30. The van der Waals surface area contributed by atoms with Crippen molar-refractivity contribution < 1.29 is 33.8 Å². The third-order valence-electron chi connectivity index (χ3n) is 0.744. The fourth-order valence-electron chi connectivity index (χ4n) is 0.292. The molecule has 0 saturated carbocycles. The molecule has 0 saturated heterocycles. The van der Waals surface area contributed by atoms with Gasteiger partial charge in [-0.15, -0.1) is 0 Å². The van der Waals surface area contributed by atoms with Crippen LogP contribution in [0.25, 0.3) is 0 Å². The number of carbonyl (C=O) groups excluding carboxylic acids is 2. The smallest absolute Gasteiger partial charge is 0.331 e. The topological polar surface area (TPSA) is 69.4 Å². The standard InChI is InChI=1S/C5H9NO3S.Zn/c1-3(7)9-5(8)4(6)2-10;/h4,10H,2,6H2,1H3;/t4-;/m0./s1. The van der Waals surface area contributed by atoms with E-state index >= 15 is 0 Å². The van der Waals surface area contributed by atoms with E-state index in [1.54, 1.807) is 0 Å². The maximum atomic E-state index is 10.6. The van der Waals surface area contributed by atoms with Crippen molar-refractivity contribution >= 4 is 24.6 Å². The van der Waals surface area contributed by atoms with Gasteiger partial charge in [0.25, 0.3) is 0 Å². The molecule has 0 spiro atoms. The van der Waals surface area contributed by atoms with Gasteiger partial charge in [0.2, 0.25) is 0 Å². The molecule has 2 N–H and O–H groups in total. The van der Waals surface area contributed by atoms with Crippen molar-refractivity contribution in [3.8, 4) is 0 Å². The Balaban J connectivity index is 0. The van der Waals surface area contributed by atoms with Crippen LogP contribution in [0, 0.1) is 0 Å². The molecule has 4 nitrogen and oxygen atoms in total. The number of hydrogen-bond acceptors (Lipinski definition) is 5. The predicted octanol–water partition coefficient (Wildman–Crippen LogP) is -0.669. The van der Waals surface area contributed by atoms with E-state index in [4.69, 9.17) is 5.73 Å². The van der Waals surface area contributed by atoms with E-state index in [9.17, 15) is 9.59 Å². The summed E-state index contributed by atoms with van der Waals surface area (Å²) in [6.45, 7) is 1.14. The minimum atomic E-state index is -0.813. The fraction of sp³-hybridized carbons (Fsp3) is 0.600. The Morgan fingerprint density at radius 1 is 1.64 bits per heavy atom. The van der Waals surface area contributed by atoms with Crippen LogP contribution in [0.2, 0.25) is 0 Å². The average molecular weight is 229 g/mol. The van der Waals surface area contributed by atoms with E-state index in [0.29, 0.717) is 0 Å². The molecule has 0 radical (unpaired) electrons. The molecule has 0 aromatic heterocycles. The van der Waals surface area contributed by atoms with E-state index in [1.807, 2.05) is 0 Å². The van der Waals surface area contributed by atoms with Gasteiger partial charge in [-0.25, -0.2) is 4.79 Å². The summed E-state index contributed by atoms with van der Waals surface area (Å²) in [4.78, 5) is 20.7. The quantitative estimate of drug-likeness (QED) is 0.285. The molecule has 0 heterocycles. The zero-order valence-electron chi connectivity index (χ0n) is 6.24. The van der Waals surface area contributed by atoms with Gasteiger partial charge >= 0.3 is 11.9 Å². The van der Waals surface area contributed by atoms with Gasteiger partial charge in [-0.2, -0.15) is 12.6 Å². The van der Waals surface area contributed by atoms with Crippen LogP contribution in [0.15, 0.2) is 0 Å². The number of nitrogens with two attached hydrogens (primary N) is 1. The van der Waals surface area contributed by atoms with Crippen molar-refractivity contribution in [1.29, 1.82) is 0 Å². The molecule has 0 unspecified atom stereocenters. The molecule has 1 atom stereocenters. The fourth-order valence-corrected chi connectivity index (χ4v) is 0.441. The van der Waals surface area contributed by atoms with Gasteiger partial charge in [0.15, 0.2) is 0 Å². The summed E-state index contributed by atoms with van der Waals surface area (Å²) >= 11 is 3.74. The summed E-state index contributed by atoms with van der Waals surface area (Å²) in [6, 6.07) is -0.813. The number of hydrogen-bond donors (Lipinski definition) is 2. The molecule has 0 bridgehead atoms.